The fraction of sp³-hybridized carbons (Fsp3) is 0.261. The van der Waals surface area contributed by atoms with E-state index in [0.29, 0.717) is 17.0 Å². The van der Waals surface area contributed by atoms with Crippen molar-refractivity contribution in [3.05, 3.63) is 80.5 Å². The highest BCUT2D eigenvalue weighted by atomic mass is 32.2. The van der Waals surface area contributed by atoms with E-state index >= 15 is 0 Å². The van der Waals surface area contributed by atoms with Crippen molar-refractivity contribution in [1.29, 1.82) is 0 Å². The summed E-state index contributed by atoms with van der Waals surface area (Å²) in [6.07, 6.45) is 0. The van der Waals surface area contributed by atoms with Crippen LogP contribution in [0, 0.1) is 27.7 Å². The summed E-state index contributed by atoms with van der Waals surface area (Å²) in [5.41, 5.74) is 5.36. The SMILES string of the molecule is Cc1csc(SCC(=O)c2cc(C)n(-c3c(C)n(C)n(-c4ccccc4)c3=O)c2C)n1. The highest BCUT2D eigenvalue weighted by Crippen LogP contribution is 2.26. The van der Waals surface area contributed by atoms with Crippen LogP contribution in [0.1, 0.15) is 33.1 Å². The number of carbonyl (C=O) groups is 1. The van der Waals surface area contributed by atoms with Crippen molar-refractivity contribution < 1.29 is 4.79 Å². The Morgan fingerprint density at radius 2 is 1.81 bits per heavy atom. The first-order valence-corrected chi connectivity index (χ1v) is 11.8. The summed E-state index contributed by atoms with van der Waals surface area (Å²) < 4.78 is 6.31. The molecule has 0 aliphatic rings. The third-order valence-corrected chi connectivity index (χ3v) is 7.54. The monoisotopic (exact) mass is 452 g/mol. The van der Waals surface area contributed by atoms with Crippen LogP contribution in [-0.4, -0.2) is 30.5 Å². The first kappa shape index (κ1) is 21.4. The fourth-order valence-electron chi connectivity index (χ4n) is 3.80. The molecule has 0 radical (unpaired) electrons. The molecule has 6 nitrogen and oxygen atoms in total. The molecule has 3 aromatic heterocycles. The lowest BCUT2D eigenvalue weighted by Crippen LogP contribution is -2.22. The Hall–Kier alpha value is -2.84. The van der Waals surface area contributed by atoms with Gasteiger partial charge < -0.3 is 4.57 Å². The number of aryl methyl sites for hydroxylation is 2. The molecular weight excluding hydrogens is 428 g/mol. The number of benzene rings is 1. The van der Waals surface area contributed by atoms with Gasteiger partial charge >= 0.3 is 0 Å². The normalized spacial score (nSPS) is 11.3. The molecule has 0 atom stereocenters. The molecule has 0 bridgehead atoms. The zero-order valence-corrected chi connectivity index (χ0v) is 19.8. The highest BCUT2D eigenvalue weighted by Gasteiger charge is 2.23. The summed E-state index contributed by atoms with van der Waals surface area (Å²) in [4.78, 5) is 30.8. The smallest absolute Gasteiger partial charge is 0.295 e. The molecule has 0 aliphatic carbocycles. The van der Waals surface area contributed by atoms with E-state index in [4.69, 9.17) is 0 Å². The maximum absolute atomic E-state index is 13.4. The van der Waals surface area contributed by atoms with Crippen molar-refractivity contribution >= 4 is 28.9 Å². The van der Waals surface area contributed by atoms with Crippen molar-refractivity contribution in [2.75, 3.05) is 5.75 Å². The summed E-state index contributed by atoms with van der Waals surface area (Å²) in [6, 6.07) is 11.4. The van der Waals surface area contributed by atoms with E-state index in [-0.39, 0.29) is 11.3 Å². The van der Waals surface area contributed by atoms with Gasteiger partial charge in [-0.05, 0) is 45.9 Å². The van der Waals surface area contributed by atoms with E-state index in [1.165, 1.54) is 11.8 Å². The average molecular weight is 453 g/mol. The van der Waals surface area contributed by atoms with Crippen molar-refractivity contribution in [3.63, 3.8) is 0 Å². The average Bonchev–Trinajstić information content (AvgIpc) is 3.36. The largest absolute Gasteiger partial charge is 0.311 e. The van der Waals surface area contributed by atoms with Crippen molar-refractivity contribution in [2.24, 2.45) is 7.05 Å². The van der Waals surface area contributed by atoms with E-state index in [0.717, 1.165) is 32.8 Å². The van der Waals surface area contributed by atoms with E-state index in [1.807, 2.05) is 85.8 Å². The maximum atomic E-state index is 13.4. The molecular formula is C23H24N4O2S2. The van der Waals surface area contributed by atoms with Gasteiger partial charge in [0.1, 0.15) is 5.69 Å². The second-order valence-corrected chi connectivity index (χ2v) is 9.58. The van der Waals surface area contributed by atoms with Crippen LogP contribution < -0.4 is 5.56 Å². The molecule has 0 unspecified atom stereocenters. The number of para-hydroxylation sites is 1. The lowest BCUT2D eigenvalue weighted by molar-refractivity contribution is 0.102. The molecule has 0 fully saturated rings. The Morgan fingerprint density at radius 3 is 2.45 bits per heavy atom. The number of carbonyl (C=O) groups excluding carboxylic acids is 1. The summed E-state index contributed by atoms with van der Waals surface area (Å²) in [6.45, 7) is 7.70. The Kier molecular flexibility index (Phi) is 5.77. The quantitative estimate of drug-likeness (QED) is 0.316. The van der Waals surface area contributed by atoms with E-state index in [1.54, 1.807) is 16.0 Å². The maximum Gasteiger partial charge on any atom is 0.295 e. The Labute approximate surface area is 189 Å². The van der Waals surface area contributed by atoms with Crippen LogP contribution in [0.3, 0.4) is 0 Å². The van der Waals surface area contributed by atoms with Crippen molar-refractivity contribution in [1.82, 2.24) is 18.9 Å². The minimum absolute atomic E-state index is 0.0363. The zero-order valence-electron chi connectivity index (χ0n) is 18.2. The number of thiazole rings is 1. The molecule has 31 heavy (non-hydrogen) atoms. The topological polar surface area (TPSA) is 61.8 Å². The Bertz CT molecular complexity index is 1330. The molecule has 0 spiro atoms. The number of thioether (sulfide) groups is 1. The molecule has 0 amide bonds. The van der Waals surface area contributed by atoms with Gasteiger partial charge in [-0.2, -0.15) is 0 Å². The van der Waals surface area contributed by atoms with Crippen LogP contribution in [0.4, 0.5) is 0 Å². The van der Waals surface area contributed by atoms with Gasteiger partial charge in [0, 0.05) is 35.1 Å². The van der Waals surface area contributed by atoms with Gasteiger partial charge in [-0.3, -0.25) is 14.3 Å². The van der Waals surface area contributed by atoms with E-state index in [2.05, 4.69) is 4.98 Å². The lowest BCUT2D eigenvalue weighted by atomic mass is 10.2. The van der Waals surface area contributed by atoms with Gasteiger partial charge in [0.2, 0.25) is 0 Å². The number of ketones is 1. The first-order chi connectivity index (χ1) is 14.8. The van der Waals surface area contributed by atoms with Gasteiger partial charge in [-0.25, -0.2) is 9.67 Å². The second-order valence-electron chi connectivity index (χ2n) is 7.50. The summed E-state index contributed by atoms with van der Waals surface area (Å²) in [7, 11) is 1.88. The van der Waals surface area contributed by atoms with E-state index < -0.39 is 0 Å². The molecule has 8 heteroatoms. The zero-order chi connectivity index (χ0) is 22.3. The van der Waals surface area contributed by atoms with E-state index in [9.17, 15) is 9.59 Å². The number of hydrogen-bond donors (Lipinski definition) is 0. The number of hydrogen-bond acceptors (Lipinski definition) is 5. The van der Waals surface area contributed by atoms with Gasteiger partial charge in [0.05, 0.1) is 17.1 Å². The highest BCUT2D eigenvalue weighted by molar-refractivity contribution is 8.01. The molecule has 0 saturated heterocycles. The first-order valence-electron chi connectivity index (χ1n) is 9.91. The standard InChI is InChI=1S/C23H24N4O2S2/c1-14-12-30-23(24-14)31-13-20(28)19-11-15(2)26(16(19)3)21-17(4)25(5)27(22(21)29)18-9-7-6-8-10-18/h6-12H,13H2,1-5H3. The number of Topliss-reactive ketones (excluding diaryl/α,β-unsaturated/α-hetero) is 1. The molecule has 4 rings (SSSR count). The number of nitrogens with zero attached hydrogens (tertiary/aromatic N) is 4. The molecule has 160 valence electrons. The molecule has 0 saturated carbocycles. The van der Waals surface area contributed by atoms with Crippen LogP contribution in [0.15, 0.2) is 50.9 Å². The van der Waals surface area contributed by atoms with Crippen molar-refractivity contribution in [3.8, 4) is 11.4 Å². The fourth-order valence-corrected chi connectivity index (χ4v) is 5.54. The molecule has 4 aromatic rings. The molecule has 1 aromatic carbocycles. The minimum atomic E-state index is -0.111. The third-order valence-electron chi connectivity index (χ3n) is 5.40. The predicted octanol–water partition coefficient (Wildman–Crippen LogP) is 4.63. The van der Waals surface area contributed by atoms with Crippen LogP contribution in [0.2, 0.25) is 0 Å². The van der Waals surface area contributed by atoms with Gasteiger partial charge in [0.25, 0.3) is 5.56 Å². The van der Waals surface area contributed by atoms with Crippen LogP contribution >= 0.6 is 23.1 Å². The van der Waals surface area contributed by atoms with Gasteiger partial charge in [-0.15, -0.1) is 11.3 Å². The second kappa shape index (κ2) is 8.36. The van der Waals surface area contributed by atoms with Crippen LogP contribution in [-0.2, 0) is 7.05 Å². The summed E-state index contributed by atoms with van der Waals surface area (Å²) >= 11 is 3.00. The minimum Gasteiger partial charge on any atom is -0.311 e. The van der Waals surface area contributed by atoms with Crippen LogP contribution in [0.25, 0.3) is 11.4 Å². The molecule has 0 N–H and O–H groups in total. The lowest BCUT2D eigenvalue weighted by Gasteiger charge is -2.08. The van der Waals surface area contributed by atoms with Crippen molar-refractivity contribution in [2.45, 2.75) is 32.0 Å². The molecule has 3 heterocycles. The number of rotatable bonds is 6. The van der Waals surface area contributed by atoms with Gasteiger partial charge in [-0.1, -0.05) is 30.0 Å². The Morgan fingerprint density at radius 1 is 1.10 bits per heavy atom. The summed E-state index contributed by atoms with van der Waals surface area (Å²) in [5, 5.41) is 1.98. The molecule has 0 aliphatic heterocycles. The predicted molar refractivity (Wildman–Crippen MR) is 126 cm³/mol. The third kappa shape index (κ3) is 3.81. The summed E-state index contributed by atoms with van der Waals surface area (Å²) in [5.74, 6) is 0.355. The van der Waals surface area contributed by atoms with Crippen LogP contribution in [0.5, 0.6) is 0 Å². The van der Waals surface area contributed by atoms with Gasteiger partial charge in [0.15, 0.2) is 10.1 Å². The Balaban J connectivity index is 1.73. The number of aromatic nitrogens is 4.